The van der Waals surface area contributed by atoms with Gasteiger partial charge in [0.25, 0.3) is 0 Å². The Bertz CT molecular complexity index is 2800. The molecule has 7 aromatic rings. The molecule has 8 heteroatoms. The number of carbonyl (C=O) groups is 4. The molecule has 0 radical (unpaired) electrons. The molecule has 0 aliphatic carbocycles. The van der Waals surface area contributed by atoms with Crippen molar-refractivity contribution in [3.63, 3.8) is 0 Å². The number of benzene rings is 4. The van der Waals surface area contributed by atoms with Gasteiger partial charge in [-0.15, -0.1) is 0 Å². The third-order valence-electron chi connectivity index (χ3n) is 10.1. The van der Waals surface area contributed by atoms with E-state index in [0.29, 0.717) is 45.0 Å². The van der Waals surface area contributed by atoms with Crippen LogP contribution in [0.4, 0.5) is 0 Å². The van der Waals surface area contributed by atoms with Gasteiger partial charge in [0.05, 0.1) is 22.8 Å². The molecular weight excluding hydrogens is 697 g/mol. The van der Waals surface area contributed by atoms with E-state index in [1.54, 1.807) is 48.5 Å². The Kier molecular flexibility index (Phi) is 8.60. The van der Waals surface area contributed by atoms with Crippen LogP contribution in [0.3, 0.4) is 0 Å². The highest BCUT2D eigenvalue weighted by Crippen LogP contribution is 2.38. The zero-order chi connectivity index (χ0) is 38.2. The first-order chi connectivity index (χ1) is 27.5. The second-order valence-corrected chi connectivity index (χ2v) is 13.5. The normalized spacial score (nSPS) is 11.7. The average Bonchev–Trinajstić information content (AvgIpc) is 4.10. The number of nitrogens with one attached hydrogen (secondary N) is 2. The fourth-order valence-electron chi connectivity index (χ4n) is 7.33. The number of rotatable bonds is 8. The molecule has 0 spiro atoms. The molecule has 4 aromatic carbocycles. The number of aldehydes is 4. The fraction of sp³-hybridized carbons (Fsp3) is 0. The Morgan fingerprint density at radius 2 is 0.554 bits per heavy atom. The van der Waals surface area contributed by atoms with E-state index in [0.717, 1.165) is 91.7 Å². The largest absolute Gasteiger partial charge is 0.354 e. The van der Waals surface area contributed by atoms with Crippen LogP contribution in [0.15, 0.2) is 121 Å². The van der Waals surface area contributed by atoms with E-state index in [1.807, 2.05) is 97.1 Å². The first kappa shape index (κ1) is 34.0. The summed E-state index contributed by atoms with van der Waals surface area (Å²) in [6.07, 6.45) is 11.2. The summed E-state index contributed by atoms with van der Waals surface area (Å²) < 4.78 is 0. The van der Waals surface area contributed by atoms with Gasteiger partial charge in [-0.3, -0.25) is 19.2 Å². The van der Waals surface area contributed by atoms with Crippen LogP contribution in [0.1, 0.15) is 64.2 Å². The molecule has 8 bridgehead atoms. The van der Waals surface area contributed by atoms with Crippen molar-refractivity contribution in [2.24, 2.45) is 0 Å². The van der Waals surface area contributed by atoms with Crippen molar-refractivity contribution < 1.29 is 19.2 Å². The number of hydrogen-bond donors (Lipinski definition) is 2. The number of fused-ring (bicyclic) bond motifs is 8. The van der Waals surface area contributed by atoms with E-state index >= 15 is 0 Å². The van der Waals surface area contributed by atoms with E-state index in [9.17, 15) is 19.2 Å². The van der Waals surface area contributed by atoms with Gasteiger partial charge < -0.3 is 9.97 Å². The summed E-state index contributed by atoms with van der Waals surface area (Å²) in [5, 5.41) is 0. The Morgan fingerprint density at radius 1 is 0.304 bits per heavy atom. The van der Waals surface area contributed by atoms with Crippen molar-refractivity contribution in [3.8, 4) is 44.5 Å². The number of nitrogens with zero attached hydrogens (tertiary/aromatic N) is 2. The van der Waals surface area contributed by atoms with Crippen LogP contribution in [-0.4, -0.2) is 45.1 Å². The van der Waals surface area contributed by atoms with Crippen molar-refractivity contribution in [1.82, 2.24) is 19.9 Å². The minimum atomic E-state index is 0.555. The first-order valence-corrected chi connectivity index (χ1v) is 17.9. The van der Waals surface area contributed by atoms with Crippen LogP contribution in [0.5, 0.6) is 0 Å². The topological polar surface area (TPSA) is 126 Å². The molecule has 2 N–H and O–H groups in total. The van der Waals surface area contributed by atoms with Gasteiger partial charge in [0.15, 0.2) is 0 Å². The van der Waals surface area contributed by atoms with Gasteiger partial charge in [0.1, 0.15) is 25.1 Å². The van der Waals surface area contributed by atoms with Gasteiger partial charge in [0.2, 0.25) is 0 Å². The van der Waals surface area contributed by atoms with Crippen molar-refractivity contribution in [2.45, 2.75) is 0 Å². The molecule has 5 heterocycles. The SMILES string of the molecule is O=Cc1ccc(-c2c3nc(c(-c4ccc(C=O)cc4)c4ccc([nH]4)c(-c4ccc(C=O)cc4)c4ccc([nH]4)c(-c4ccc(C=O)cc4)c4nc2C=C4)C=C3)cc1. The summed E-state index contributed by atoms with van der Waals surface area (Å²) in [6.45, 7) is 0. The van der Waals surface area contributed by atoms with Crippen LogP contribution >= 0.6 is 0 Å². The number of hydrogen-bond acceptors (Lipinski definition) is 6. The second kappa shape index (κ2) is 14.2. The highest BCUT2D eigenvalue weighted by Gasteiger charge is 2.20. The van der Waals surface area contributed by atoms with Crippen molar-refractivity contribution in [2.75, 3.05) is 0 Å². The molecule has 0 amide bonds. The summed E-state index contributed by atoms with van der Waals surface area (Å²) in [7, 11) is 0. The highest BCUT2D eigenvalue weighted by molar-refractivity contribution is 6.00. The zero-order valence-corrected chi connectivity index (χ0v) is 29.7. The van der Waals surface area contributed by atoms with Gasteiger partial charge in [-0.1, -0.05) is 97.1 Å². The minimum absolute atomic E-state index is 0.555. The summed E-state index contributed by atoms with van der Waals surface area (Å²) in [4.78, 5) is 64.4. The molecule has 0 saturated heterocycles. The number of carbonyl (C=O) groups excluding carboxylic acids is 4. The van der Waals surface area contributed by atoms with Crippen molar-refractivity contribution in [3.05, 3.63) is 166 Å². The predicted octanol–water partition coefficient (Wildman–Crippen LogP) is 10.6. The minimum Gasteiger partial charge on any atom is -0.354 e. The second-order valence-electron chi connectivity index (χ2n) is 13.5. The molecule has 3 aromatic heterocycles. The molecule has 2 aliphatic rings. The maximum atomic E-state index is 11.6. The molecule has 9 rings (SSSR count). The quantitative estimate of drug-likeness (QED) is 0.150. The van der Waals surface area contributed by atoms with Crippen LogP contribution in [0.25, 0.3) is 90.9 Å². The van der Waals surface area contributed by atoms with Gasteiger partial charge in [-0.2, -0.15) is 0 Å². The zero-order valence-electron chi connectivity index (χ0n) is 29.7. The van der Waals surface area contributed by atoms with E-state index in [4.69, 9.17) is 9.97 Å². The Labute approximate surface area is 320 Å². The van der Waals surface area contributed by atoms with Gasteiger partial charge >= 0.3 is 0 Å². The third kappa shape index (κ3) is 6.11. The van der Waals surface area contributed by atoms with E-state index in [2.05, 4.69) is 9.97 Å². The third-order valence-corrected chi connectivity index (χ3v) is 10.1. The van der Waals surface area contributed by atoms with Crippen LogP contribution < -0.4 is 0 Å². The lowest BCUT2D eigenvalue weighted by atomic mass is 10.0. The summed E-state index contributed by atoms with van der Waals surface area (Å²) in [5.41, 5.74) is 15.0. The molecular formula is C48H30N4O4. The monoisotopic (exact) mass is 726 g/mol. The molecule has 0 fully saturated rings. The van der Waals surface area contributed by atoms with Gasteiger partial charge in [-0.25, -0.2) is 9.97 Å². The maximum Gasteiger partial charge on any atom is 0.150 e. The molecule has 8 nitrogen and oxygen atoms in total. The van der Waals surface area contributed by atoms with Gasteiger partial charge in [0, 0.05) is 66.6 Å². The van der Waals surface area contributed by atoms with Crippen molar-refractivity contribution >= 4 is 71.5 Å². The van der Waals surface area contributed by atoms with Crippen molar-refractivity contribution in [1.29, 1.82) is 0 Å². The standard InChI is InChI=1S/C48H30N4O4/c53-25-29-1-9-33(10-2-29)45-37-17-19-39(49-37)46(34-11-3-30(26-54)4-12-34)41-21-23-43(51-41)48(36-15-7-32(28-56)8-16-36)44-24-22-42(52-44)47(40-20-18-38(45)50-40)35-13-5-31(27-55)6-14-35/h1-28,49-50H. The number of aromatic amines is 2. The lowest BCUT2D eigenvalue weighted by molar-refractivity contribution is 0.111. The van der Waals surface area contributed by atoms with Crippen LogP contribution in [-0.2, 0) is 0 Å². The molecule has 0 atom stereocenters. The van der Waals surface area contributed by atoms with Crippen LogP contribution in [0, 0.1) is 0 Å². The van der Waals surface area contributed by atoms with E-state index in [-0.39, 0.29) is 0 Å². The summed E-state index contributed by atoms with van der Waals surface area (Å²) in [6, 6.07) is 37.7. The Hall–Kier alpha value is -7.84. The Balaban J connectivity index is 1.45. The van der Waals surface area contributed by atoms with E-state index < -0.39 is 0 Å². The Morgan fingerprint density at radius 3 is 0.857 bits per heavy atom. The highest BCUT2D eigenvalue weighted by atomic mass is 16.1. The predicted molar refractivity (Wildman–Crippen MR) is 222 cm³/mol. The molecule has 0 saturated carbocycles. The molecule has 266 valence electrons. The number of aromatic nitrogens is 4. The fourth-order valence-corrected chi connectivity index (χ4v) is 7.33. The maximum absolute atomic E-state index is 11.6. The molecule has 2 aliphatic heterocycles. The lowest BCUT2D eigenvalue weighted by Gasteiger charge is -2.07. The average molecular weight is 727 g/mol. The first-order valence-electron chi connectivity index (χ1n) is 17.9. The summed E-state index contributed by atoms with van der Waals surface area (Å²) in [5.74, 6) is 0. The molecule has 0 unspecified atom stereocenters. The summed E-state index contributed by atoms with van der Waals surface area (Å²) >= 11 is 0. The van der Waals surface area contributed by atoms with Crippen LogP contribution in [0.2, 0.25) is 0 Å². The molecule has 56 heavy (non-hydrogen) atoms. The van der Waals surface area contributed by atoms with E-state index in [1.165, 1.54) is 0 Å². The van der Waals surface area contributed by atoms with Gasteiger partial charge in [-0.05, 0) is 70.8 Å². The number of H-pyrrole nitrogens is 2. The smallest absolute Gasteiger partial charge is 0.150 e. The lowest BCUT2D eigenvalue weighted by Crippen LogP contribution is -1.92.